The van der Waals surface area contributed by atoms with E-state index in [0.717, 1.165) is 16.7 Å². The Kier molecular flexibility index (Phi) is 8.26. The van der Waals surface area contributed by atoms with Crippen molar-refractivity contribution in [1.82, 2.24) is 4.90 Å². The number of carbonyl (C=O) groups is 2. The van der Waals surface area contributed by atoms with E-state index >= 15 is 0 Å². The van der Waals surface area contributed by atoms with E-state index in [9.17, 15) is 9.59 Å². The molecule has 0 aliphatic carbocycles. The predicted molar refractivity (Wildman–Crippen MR) is 137 cm³/mol. The number of hydrogen-bond acceptors (Lipinski definition) is 5. The van der Waals surface area contributed by atoms with Gasteiger partial charge in [0, 0.05) is 42.7 Å². The lowest BCUT2D eigenvalue weighted by atomic mass is 10.1. The topological polar surface area (TPSA) is 79.9 Å². The summed E-state index contributed by atoms with van der Waals surface area (Å²) in [5.74, 6) is -0.378. The summed E-state index contributed by atoms with van der Waals surface area (Å²) >= 11 is 0. The van der Waals surface area contributed by atoms with Crippen molar-refractivity contribution in [2.45, 2.75) is 19.6 Å². The van der Waals surface area contributed by atoms with Gasteiger partial charge in [0.1, 0.15) is 0 Å². The summed E-state index contributed by atoms with van der Waals surface area (Å²) in [6, 6.07) is 22.7. The maximum absolute atomic E-state index is 13.0. The van der Waals surface area contributed by atoms with Crippen molar-refractivity contribution < 1.29 is 19.1 Å². The molecule has 3 aromatic rings. The van der Waals surface area contributed by atoms with Crippen molar-refractivity contribution in [1.29, 1.82) is 0 Å². The van der Waals surface area contributed by atoms with Gasteiger partial charge in [-0.3, -0.25) is 14.5 Å². The van der Waals surface area contributed by atoms with Crippen LogP contribution < -0.4 is 10.6 Å². The largest absolute Gasteiger partial charge is 0.380 e. The lowest BCUT2D eigenvalue weighted by Gasteiger charge is -2.31. The number of methoxy groups -OCH3 is 1. The molecule has 1 heterocycles. The van der Waals surface area contributed by atoms with E-state index in [1.807, 2.05) is 67.6 Å². The number of nitrogens with zero attached hydrogens (tertiary/aromatic N) is 1. The fourth-order valence-corrected chi connectivity index (χ4v) is 4.06. The molecule has 1 aliphatic rings. The van der Waals surface area contributed by atoms with Gasteiger partial charge >= 0.3 is 0 Å². The second-order valence-electron chi connectivity index (χ2n) is 8.52. The van der Waals surface area contributed by atoms with Gasteiger partial charge in [0.2, 0.25) is 5.91 Å². The number of amides is 2. The minimum Gasteiger partial charge on any atom is -0.380 e. The van der Waals surface area contributed by atoms with Crippen molar-refractivity contribution in [2.75, 3.05) is 44.0 Å². The minimum absolute atomic E-state index is 0.127. The highest BCUT2D eigenvalue weighted by atomic mass is 16.5. The van der Waals surface area contributed by atoms with Crippen LogP contribution in [0.5, 0.6) is 0 Å². The summed E-state index contributed by atoms with van der Waals surface area (Å²) < 4.78 is 10.7. The van der Waals surface area contributed by atoms with Crippen molar-refractivity contribution >= 4 is 23.2 Å². The second-order valence-corrected chi connectivity index (χ2v) is 8.52. The third-order valence-corrected chi connectivity index (χ3v) is 6.15. The molecule has 0 saturated carbocycles. The van der Waals surface area contributed by atoms with Crippen LogP contribution in [0.4, 0.5) is 11.4 Å². The molecule has 7 heteroatoms. The van der Waals surface area contributed by atoms with Gasteiger partial charge in [-0.2, -0.15) is 0 Å². The molecule has 0 spiro atoms. The molecular formula is C28H31N3O4. The van der Waals surface area contributed by atoms with Gasteiger partial charge in [-0.1, -0.05) is 48.5 Å². The number of morpholine rings is 1. The molecule has 0 unspecified atom stereocenters. The number of benzene rings is 3. The summed E-state index contributed by atoms with van der Waals surface area (Å²) in [7, 11) is 1.60. The summed E-state index contributed by atoms with van der Waals surface area (Å²) in [5, 5.41) is 5.93. The van der Waals surface area contributed by atoms with E-state index in [-0.39, 0.29) is 17.9 Å². The standard InChI is InChI=1S/C28H31N3O4/c1-20(31-14-16-35-17-15-31)27(32)30-26-18-23(8-9-24(26)19-34-2)28(33)29-25-12-10-22(11-13-25)21-6-4-3-5-7-21/h3-13,18,20H,14-17,19H2,1-2H3,(H,29,33)(H,30,32)/t20-/m0/s1. The molecule has 1 saturated heterocycles. The van der Waals surface area contributed by atoms with E-state index in [2.05, 4.69) is 15.5 Å². The lowest BCUT2D eigenvalue weighted by Crippen LogP contribution is -2.47. The Morgan fingerprint density at radius 2 is 1.63 bits per heavy atom. The van der Waals surface area contributed by atoms with Crippen LogP contribution >= 0.6 is 0 Å². The zero-order valence-corrected chi connectivity index (χ0v) is 20.1. The van der Waals surface area contributed by atoms with Crippen LogP contribution in [0, 0.1) is 0 Å². The quantitative estimate of drug-likeness (QED) is 0.507. The number of anilines is 2. The van der Waals surface area contributed by atoms with Crippen LogP contribution in [0.2, 0.25) is 0 Å². The van der Waals surface area contributed by atoms with Crippen molar-refractivity contribution in [2.24, 2.45) is 0 Å². The maximum Gasteiger partial charge on any atom is 0.255 e. The molecule has 182 valence electrons. The van der Waals surface area contributed by atoms with Gasteiger partial charge in [0.05, 0.1) is 25.9 Å². The van der Waals surface area contributed by atoms with Gasteiger partial charge in [-0.05, 0) is 42.3 Å². The molecule has 4 rings (SSSR count). The first-order chi connectivity index (χ1) is 17.0. The molecule has 1 atom stereocenters. The van der Waals surface area contributed by atoms with Crippen LogP contribution in [-0.2, 0) is 20.9 Å². The smallest absolute Gasteiger partial charge is 0.255 e. The molecule has 35 heavy (non-hydrogen) atoms. The average Bonchev–Trinajstić information content (AvgIpc) is 2.90. The zero-order valence-electron chi connectivity index (χ0n) is 20.1. The molecule has 1 fully saturated rings. The Balaban J connectivity index is 1.46. The molecule has 1 aliphatic heterocycles. The zero-order chi connectivity index (χ0) is 24.6. The van der Waals surface area contributed by atoms with Crippen LogP contribution in [0.15, 0.2) is 72.8 Å². The van der Waals surface area contributed by atoms with Crippen LogP contribution in [0.3, 0.4) is 0 Å². The third kappa shape index (κ3) is 6.33. The molecule has 0 bridgehead atoms. The highest BCUT2D eigenvalue weighted by Gasteiger charge is 2.24. The predicted octanol–water partition coefficient (Wildman–Crippen LogP) is 4.41. The molecule has 2 amide bonds. The van der Waals surface area contributed by atoms with E-state index in [1.165, 1.54) is 0 Å². The summed E-state index contributed by atoms with van der Waals surface area (Å²) in [4.78, 5) is 28.0. The van der Waals surface area contributed by atoms with Crippen molar-refractivity contribution in [3.8, 4) is 11.1 Å². The molecule has 3 aromatic carbocycles. The molecule has 2 N–H and O–H groups in total. The average molecular weight is 474 g/mol. The van der Waals surface area contributed by atoms with Crippen LogP contribution in [0.25, 0.3) is 11.1 Å². The fraction of sp³-hybridized carbons (Fsp3) is 0.286. The van der Waals surface area contributed by atoms with E-state index in [0.29, 0.717) is 49.8 Å². The number of nitrogens with one attached hydrogen (secondary N) is 2. The van der Waals surface area contributed by atoms with Gasteiger partial charge in [-0.25, -0.2) is 0 Å². The first kappa shape index (κ1) is 24.6. The van der Waals surface area contributed by atoms with Gasteiger partial charge < -0.3 is 20.1 Å². The van der Waals surface area contributed by atoms with Crippen LogP contribution in [0.1, 0.15) is 22.8 Å². The lowest BCUT2D eigenvalue weighted by molar-refractivity contribution is -0.122. The number of ether oxygens (including phenoxy) is 2. The Morgan fingerprint density at radius 3 is 2.31 bits per heavy atom. The minimum atomic E-state index is -0.310. The molecule has 0 radical (unpaired) electrons. The first-order valence-electron chi connectivity index (χ1n) is 11.8. The third-order valence-electron chi connectivity index (χ3n) is 6.15. The fourth-order valence-electron chi connectivity index (χ4n) is 4.06. The highest BCUT2D eigenvalue weighted by Crippen LogP contribution is 2.23. The maximum atomic E-state index is 13.0. The molecule has 7 nitrogen and oxygen atoms in total. The summed E-state index contributed by atoms with van der Waals surface area (Å²) in [6.07, 6.45) is 0. The Hall–Kier alpha value is -3.52. The Bertz CT molecular complexity index is 1140. The normalized spacial score (nSPS) is 14.8. The molecular weight excluding hydrogens is 442 g/mol. The Morgan fingerprint density at radius 1 is 0.943 bits per heavy atom. The van der Waals surface area contributed by atoms with Crippen molar-refractivity contribution in [3.63, 3.8) is 0 Å². The van der Waals surface area contributed by atoms with E-state index < -0.39 is 0 Å². The second kappa shape index (κ2) is 11.8. The van der Waals surface area contributed by atoms with Gasteiger partial charge in [0.15, 0.2) is 0 Å². The summed E-state index contributed by atoms with van der Waals surface area (Å²) in [5.41, 5.74) is 4.72. The van der Waals surface area contributed by atoms with Gasteiger partial charge in [0.25, 0.3) is 5.91 Å². The number of hydrogen-bond donors (Lipinski definition) is 2. The molecule has 0 aromatic heterocycles. The van der Waals surface area contributed by atoms with E-state index in [4.69, 9.17) is 9.47 Å². The number of carbonyl (C=O) groups excluding carboxylic acids is 2. The summed E-state index contributed by atoms with van der Waals surface area (Å²) in [6.45, 7) is 4.87. The highest BCUT2D eigenvalue weighted by molar-refractivity contribution is 6.06. The van der Waals surface area contributed by atoms with E-state index in [1.54, 1.807) is 19.2 Å². The van der Waals surface area contributed by atoms with Crippen molar-refractivity contribution in [3.05, 3.63) is 83.9 Å². The Labute approximate surface area is 206 Å². The number of rotatable bonds is 8. The monoisotopic (exact) mass is 473 g/mol. The van der Waals surface area contributed by atoms with Crippen LogP contribution in [-0.4, -0.2) is 56.2 Å². The van der Waals surface area contributed by atoms with Gasteiger partial charge in [-0.15, -0.1) is 0 Å². The first-order valence-corrected chi connectivity index (χ1v) is 11.8. The SMILES string of the molecule is COCc1ccc(C(=O)Nc2ccc(-c3ccccc3)cc2)cc1NC(=O)[C@H](C)N1CCOCC1.